The number of nitrogens with zero attached hydrogens (tertiary/aromatic N) is 2. The summed E-state index contributed by atoms with van der Waals surface area (Å²) in [7, 11) is 0. The lowest BCUT2D eigenvalue weighted by Gasteiger charge is -1.99. The Labute approximate surface area is 119 Å². The van der Waals surface area contributed by atoms with Crippen molar-refractivity contribution < 1.29 is 13.9 Å². The van der Waals surface area contributed by atoms with Gasteiger partial charge in [-0.2, -0.15) is 4.79 Å². The van der Waals surface area contributed by atoms with Crippen molar-refractivity contribution >= 4 is 16.7 Å². The summed E-state index contributed by atoms with van der Waals surface area (Å²) in [6.07, 6.45) is 1.66. The molecule has 0 unspecified atom stereocenters. The molecule has 0 fully saturated rings. The number of hydrogen-bond donors (Lipinski definition) is 0. The number of benzene rings is 2. The van der Waals surface area contributed by atoms with E-state index in [1.807, 2.05) is 25.1 Å². The molecule has 0 aliphatic rings. The summed E-state index contributed by atoms with van der Waals surface area (Å²) in [5.41, 5.74) is 1.90. The average molecular weight is 283 g/mol. The predicted octanol–water partition coefficient (Wildman–Crippen LogP) is 2.29. The van der Waals surface area contributed by atoms with E-state index in [9.17, 15) is 14.9 Å². The summed E-state index contributed by atoms with van der Waals surface area (Å²) in [6, 6.07) is 11.3. The first kappa shape index (κ1) is 13.0. The first-order valence-electron chi connectivity index (χ1n) is 6.26. The Morgan fingerprint density at radius 3 is 2.52 bits per heavy atom. The number of aromatic nitrogens is 1. The third kappa shape index (κ3) is 2.27. The lowest BCUT2D eigenvalue weighted by Crippen LogP contribution is -2.46. The molecule has 21 heavy (non-hydrogen) atoms. The van der Waals surface area contributed by atoms with Crippen LogP contribution in [0.4, 0.5) is 5.69 Å². The molecule has 0 radical (unpaired) electrons. The first-order valence-corrected chi connectivity index (χ1v) is 6.26. The van der Waals surface area contributed by atoms with Crippen LogP contribution in [0.3, 0.4) is 0 Å². The van der Waals surface area contributed by atoms with Crippen molar-refractivity contribution in [2.24, 2.45) is 0 Å². The number of non-ortho nitro benzene ring substituents is 1. The van der Waals surface area contributed by atoms with E-state index in [1.165, 1.54) is 28.8 Å². The number of fused-ring (bicyclic) bond motifs is 1. The zero-order valence-electron chi connectivity index (χ0n) is 11.1. The van der Waals surface area contributed by atoms with Crippen molar-refractivity contribution in [3.63, 3.8) is 0 Å². The summed E-state index contributed by atoms with van der Waals surface area (Å²) in [6.45, 7) is 1.86. The van der Waals surface area contributed by atoms with Crippen molar-refractivity contribution in [2.75, 3.05) is 0 Å². The molecule has 0 atom stereocenters. The van der Waals surface area contributed by atoms with E-state index >= 15 is 0 Å². The van der Waals surface area contributed by atoms with Gasteiger partial charge >= 0.3 is 5.76 Å². The normalized spacial score (nSPS) is 10.7. The summed E-state index contributed by atoms with van der Waals surface area (Å²) >= 11 is 0. The van der Waals surface area contributed by atoms with E-state index < -0.39 is 10.7 Å². The van der Waals surface area contributed by atoms with Gasteiger partial charge in [-0.1, -0.05) is 16.7 Å². The molecule has 6 nitrogen and oxygen atoms in total. The topological polar surface area (TPSA) is 77.2 Å². The minimum Gasteiger partial charge on any atom is -0.371 e. The molecule has 3 rings (SSSR count). The van der Waals surface area contributed by atoms with Gasteiger partial charge in [0.25, 0.3) is 5.69 Å². The van der Waals surface area contributed by atoms with Gasteiger partial charge in [-0.25, -0.2) is 0 Å². The molecule has 0 N–H and O–H groups in total. The molecule has 0 aliphatic heterocycles. The molecule has 0 amide bonds. The van der Waals surface area contributed by atoms with Crippen molar-refractivity contribution in [1.82, 2.24) is 0 Å². The highest BCUT2D eigenvalue weighted by Gasteiger charge is 2.17. The summed E-state index contributed by atoms with van der Waals surface area (Å²) in [5.74, 6) is -0.536. The highest BCUT2D eigenvalue weighted by atomic mass is 16.6. The summed E-state index contributed by atoms with van der Waals surface area (Å²) in [5, 5.41) is 11.4. The van der Waals surface area contributed by atoms with E-state index in [-0.39, 0.29) is 5.69 Å². The largest absolute Gasteiger partial charge is 0.608 e. The fraction of sp³-hybridized carbons (Fsp3) is 0.0667. The average Bonchev–Trinajstić information content (AvgIpc) is 2.48. The molecule has 1 heterocycles. The van der Waals surface area contributed by atoms with E-state index in [4.69, 9.17) is 4.42 Å². The maximum absolute atomic E-state index is 12.1. The third-order valence-electron chi connectivity index (χ3n) is 3.24. The Hall–Kier alpha value is -3.02. The van der Waals surface area contributed by atoms with Crippen molar-refractivity contribution in [2.45, 2.75) is 6.92 Å². The molecule has 0 spiro atoms. The Kier molecular flexibility index (Phi) is 2.98. The Bertz CT molecular complexity index is 898. The van der Waals surface area contributed by atoms with Crippen LogP contribution in [0.5, 0.6) is 0 Å². The quantitative estimate of drug-likeness (QED) is 0.410. The number of hydrogen-bond acceptors (Lipinski definition) is 4. The van der Waals surface area contributed by atoms with Crippen molar-refractivity contribution in [3.8, 4) is 5.69 Å². The molecule has 1 aromatic heterocycles. The van der Waals surface area contributed by atoms with Crippen LogP contribution in [-0.4, -0.2) is 4.92 Å². The third-order valence-corrected chi connectivity index (χ3v) is 3.24. The maximum atomic E-state index is 12.1. The van der Waals surface area contributed by atoms with Crippen LogP contribution in [-0.2, 0) is 0 Å². The second-order valence-corrected chi connectivity index (χ2v) is 4.63. The smallest absolute Gasteiger partial charge is 0.371 e. The van der Waals surface area contributed by atoms with Gasteiger partial charge in [-0.3, -0.25) is 10.1 Å². The van der Waals surface area contributed by atoms with E-state index in [0.29, 0.717) is 11.3 Å². The van der Waals surface area contributed by atoms with Gasteiger partial charge in [-0.05, 0) is 18.6 Å². The molecule has 3 aromatic rings. The van der Waals surface area contributed by atoms with Gasteiger partial charge in [0.1, 0.15) is 0 Å². The van der Waals surface area contributed by atoms with Crippen LogP contribution < -0.4 is 10.3 Å². The van der Waals surface area contributed by atoms with E-state index in [2.05, 4.69) is 0 Å². The number of rotatable bonds is 2. The Balaban J connectivity index is 2.18. The summed E-state index contributed by atoms with van der Waals surface area (Å²) < 4.78 is 6.65. The fourth-order valence-electron chi connectivity index (χ4n) is 2.16. The molecular formula is C15H11N2O4+. The van der Waals surface area contributed by atoms with Crippen LogP contribution >= 0.6 is 0 Å². The van der Waals surface area contributed by atoms with E-state index in [0.717, 1.165) is 10.9 Å². The predicted molar refractivity (Wildman–Crippen MR) is 75.4 cm³/mol. The SMILES string of the molecule is Cc1cccc2c[n+](-c3ccc([N+](=O)[O-])cc3)c(=O)oc12. The lowest BCUT2D eigenvalue weighted by molar-refractivity contribution is -0.623. The van der Waals surface area contributed by atoms with Gasteiger partial charge in [0, 0.05) is 24.3 Å². The number of nitro groups is 1. The Morgan fingerprint density at radius 2 is 1.86 bits per heavy atom. The minimum absolute atomic E-state index is 0.0274. The highest BCUT2D eigenvalue weighted by molar-refractivity contribution is 5.77. The molecular weight excluding hydrogens is 272 g/mol. The highest BCUT2D eigenvalue weighted by Crippen LogP contribution is 2.16. The van der Waals surface area contributed by atoms with Gasteiger partial charge in [0.05, 0.1) is 10.3 Å². The fourth-order valence-corrected chi connectivity index (χ4v) is 2.16. The van der Waals surface area contributed by atoms with Crippen LogP contribution in [0.2, 0.25) is 0 Å². The first-order chi connectivity index (χ1) is 10.1. The van der Waals surface area contributed by atoms with E-state index in [1.54, 1.807) is 6.20 Å². The van der Waals surface area contributed by atoms with Gasteiger partial charge < -0.3 is 4.42 Å². The van der Waals surface area contributed by atoms with Crippen LogP contribution in [0, 0.1) is 17.0 Å². The molecule has 0 aliphatic carbocycles. The van der Waals surface area contributed by atoms with Crippen LogP contribution in [0.1, 0.15) is 5.56 Å². The van der Waals surface area contributed by atoms with Crippen LogP contribution in [0.15, 0.2) is 57.9 Å². The molecule has 0 bridgehead atoms. The van der Waals surface area contributed by atoms with Crippen molar-refractivity contribution in [3.05, 3.63) is 74.9 Å². The monoisotopic (exact) mass is 283 g/mol. The molecule has 104 valence electrons. The van der Waals surface area contributed by atoms with Crippen molar-refractivity contribution in [1.29, 1.82) is 0 Å². The molecule has 2 aromatic carbocycles. The second kappa shape index (κ2) is 4.82. The summed E-state index contributed by atoms with van der Waals surface area (Å²) in [4.78, 5) is 22.2. The Morgan fingerprint density at radius 1 is 1.14 bits per heavy atom. The molecule has 0 saturated heterocycles. The van der Waals surface area contributed by atoms with Crippen LogP contribution in [0.25, 0.3) is 16.7 Å². The molecule has 6 heteroatoms. The van der Waals surface area contributed by atoms with Gasteiger partial charge in [0.15, 0.2) is 11.8 Å². The second-order valence-electron chi connectivity index (χ2n) is 4.63. The van der Waals surface area contributed by atoms with Gasteiger partial charge in [-0.15, -0.1) is 0 Å². The number of para-hydroxylation sites is 1. The standard InChI is InChI=1S/C15H11N2O4/c1-10-3-2-4-11-9-16(15(18)21-14(10)11)12-5-7-13(8-6-12)17(19)20/h2-9H,1H3/q+1. The number of nitro benzene ring substituents is 1. The molecule has 0 saturated carbocycles. The minimum atomic E-state index is -0.536. The zero-order chi connectivity index (χ0) is 15.0. The lowest BCUT2D eigenvalue weighted by atomic mass is 10.2. The van der Waals surface area contributed by atoms with Gasteiger partial charge in [0.2, 0.25) is 5.69 Å². The zero-order valence-corrected chi connectivity index (χ0v) is 11.1. The number of aryl methyl sites for hydroxylation is 1. The maximum Gasteiger partial charge on any atom is 0.608 e.